The Bertz CT molecular complexity index is 597. The average Bonchev–Trinajstić information content (AvgIpc) is 2.48. The summed E-state index contributed by atoms with van der Waals surface area (Å²) >= 11 is 0. The fraction of sp³-hybridized carbons (Fsp3) is 0.188. The molecule has 0 unspecified atom stereocenters. The van der Waals surface area contributed by atoms with Crippen LogP contribution in [0, 0.1) is 11.3 Å². The number of rotatable bonds is 4. The van der Waals surface area contributed by atoms with E-state index in [1.165, 1.54) is 5.56 Å². The molecule has 2 N–H and O–H groups in total. The Kier molecular flexibility index (Phi) is 4.17. The first-order chi connectivity index (χ1) is 9.26. The highest BCUT2D eigenvalue weighted by molar-refractivity contribution is 5.47. The SMILES string of the molecule is CCc1ccc(Oc2ccc(CN)cc2C#N)cc1. The molecule has 2 rings (SSSR count). The van der Waals surface area contributed by atoms with E-state index in [0.717, 1.165) is 17.7 Å². The summed E-state index contributed by atoms with van der Waals surface area (Å²) in [5.41, 5.74) is 8.24. The number of nitriles is 1. The fourth-order valence-electron chi connectivity index (χ4n) is 1.80. The Labute approximate surface area is 113 Å². The second-order valence-corrected chi connectivity index (χ2v) is 4.25. The van der Waals surface area contributed by atoms with Crippen LogP contribution in [0.15, 0.2) is 42.5 Å². The second-order valence-electron chi connectivity index (χ2n) is 4.25. The van der Waals surface area contributed by atoms with Gasteiger partial charge in [0.1, 0.15) is 17.6 Å². The molecular weight excluding hydrogens is 236 g/mol. The van der Waals surface area contributed by atoms with E-state index in [0.29, 0.717) is 17.9 Å². The Balaban J connectivity index is 2.25. The molecule has 0 aliphatic carbocycles. The summed E-state index contributed by atoms with van der Waals surface area (Å²) < 4.78 is 5.74. The third kappa shape index (κ3) is 3.12. The molecule has 0 aromatic heterocycles. The van der Waals surface area contributed by atoms with Crippen molar-refractivity contribution < 1.29 is 4.74 Å². The lowest BCUT2D eigenvalue weighted by Gasteiger charge is -2.09. The van der Waals surface area contributed by atoms with Gasteiger partial charge in [-0.3, -0.25) is 0 Å². The van der Waals surface area contributed by atoms with Crippen molar-refractivity contribution in [1.82, 2.24) is 0 Å². The van der Waals surface area contributed by atoms with Gasteiger partial charge in [-0.2, -0.15) is 5.26 Å². The van der Waals surface area contributed by atoms with Crippen LogP contribution in [0.1, 0.15) is 23.6 Å². The molecule has 96 valence electrons. The first-order valence-electron chi connectivity index (χ1n) is 6.26. The predicted molar refractivity (Wildman–Crippen MR) is 74.9 cm³/mol. The molecule has 2 aromatic carbocycles. The summed E-state index contributed by atoms with van der Waals surface area (Å²) in [6.45, 7) is 2.52. The van der Waals surface area contributed by atoms with Crippen molar-refractivity contribution in [2.45, 2.75) is 19.9 Å². The molecule has 0 radical (unpaired) electrons. The van der Waals surface area contributed by atoms with Gasteiger partial charge in [0.15, 0.2) is 0 Å². The molecular formula is C16H16N2O. The number of nitrogens with two attached hydrogens (primary N) is 1. The van der Waals surface area contributed by atoms with Crippen LogP contribution < -0.4 is 10.5 Å². The molecule has 0 bridgehead atoms. The lowest BCUT2D eigenvalue weighted by molar-refractivity contribution is 0.480. The van der Waals surface area contributed by atoms with Crippen LogP contribution in [0.4, 0.5) is 0 Å². The summed E-state index contributed by atoms with van der Waals surface area (Å²) in [6.07, 6.45) is 0.995. The minimum Gasteiger partial charge on any atom is -0.456 e. The number of hydrogen-bond acceptors (Lipinski definition) is 3. The van der Waals surface area contributed by atoms with Crippen molar-refractivity contribution in [1.29, 1.82) is 5.26 Å². The topological polar surface area (TPSA) is 59.0 Å². The van der Waals surface area contributed by atoms with Gasteiger partial charge in [0.25, 0.3) is 0 Å². The van der Waals surface area contributed by atoms with Gasteiger partial charge in [0, 0.05) is 6.54 Å². The van der Waals surface area contributed by atoms with Crippen LogP contribution in [-0.4, -0.2) is 0 Å². The molecule has 0 spiro atoms. The summed E-state index contributed by atoms with van der Waals surface area (Å²) in [4.78, 5) is 0. The normalized spacial score (nSPS) is 9.95. The van der Waals surface area contributed by atoms with Crippen molar-refractivity contribution in [3.05, 3.63) is 59.2 Å². The van der Waals surface area contributed by atoms with Crippen LogP contribution in [0.2, 0.25) is 0 Å². The summed E-state index contributed by atoms with van der Waals surface area (Å²) in [5.74, 6) is 1.29. The van der Waals surface area contributed by atoms with Crippen LogP contribution in [-0.2, 0) is 13.0 Å². The average molecular weight is 252 g/mol. The zero-order chi connectivity index (χ0) is 13.7. The molecule has 3 nitrogen and oxygen atoms in total. The highest BCUT2D eigenvalue weighted by atomic mass is 16.5. The third-order valence-electron chi connectivity index (χ3n) is 2.96. The summed E-state index contributed by atoms with van der Waals surface area (Å²) in [5, 5.41) is 9.13. The molecule has 3 heteroatoms. The van der Waals surface area contributed by atoms with Crippen LogP contribution in [0.3, 0.4) is 0 Å². The zero-order valence-electron chi connectivity index (χ0n) is 10.9. The van der Waals surface area contributed by atoms with Gasteiger partial charge in [-0.15, -0.1) is 0 Å². The number of nitrogens with zero attached hydrogens (tertiary/aromatic N) is 1. The van der Waals surface area contributed by atoms with Crippen molar-refractivity contribution >= 4 is 0 Å². The van der Waals surface area contributed by atoms with Crippen molar-refractivity contribution in [2.24, 2.45) is 5.73 Å². The summed E-state index contributed by atoms with van der Waals surface area (Å²) in [6, 6.07) is 15.4. The largest absolute Gasteiger partial charge is 0.456 e. The fourth-order valence-corrected chi connectivity index (χ4v) is 1.80. The highest BCUT2D eigenvalue weighted by Gasteiger charge is 2.05. The molecule has 19 heavy (non-hydrogen) atoms. The van der Waals surface area contributed by atoms with E-state index in [4.69, 9.17) is 15.7 Å². The van der Waals surface area contributed by atoms with E-state index >= 15 is 0 Å². The molecule has 0 heterocycles. The van der Waals surface area contributed by atoms with Gasteiger partial charge in [-0.1, -0.05) is 25.1 Å². The maximum Gasteiger partial charge on any atom is 0.145 e. The minimum absolute atomic E-state index is 0.417. The lowest BCUT2D eigenvalue weighted by atomic mass is 10.1. The molecule has 0 amide bonds. The van der Waals surface area contributed by atoms with Crippen LogP contribution >= 0.6 is 0 Å². The van der Waals surface area contributed by atoms with E-state index in [-0.39, 0.29) is 0 Å². The van der Waals surface area contributed by atoms with Crippen molar-refractivity contribution in [3.63, 3.8) is 0 Å². The minimum atomic E-state index is 0.417. The van der Waals surface area contributed by atoms with E-state index < -0.39 is 0 Å². The maximum absolute atomic E-state index is 9.13. The second kappa shape index (κ2) is 6.03. The standard InChI is InChI=1S/C16H16N2O/c1-2-12-3-6-15(7-4-12)19-16-8-5-13(10-17)9-14(16)11-18/h3-9H,2,10,17H2,1H3. The third-order valence-corrected chi connectivity index (χ3v) is 2.96. The first-order valence-corrected chi connectivity index (χ1v) is 6.26. The molecule has 0 saturated carbocycles. The van der Waals surface area contributed by atoms with Gasteiger partial charge in [0.2, 0.25) is 0 Å². The number of ether oxygens (including phenoxy) is 1. The van der Waals surface area contributed by atoms with Gasteiger partial charge in [-0.25, -0.2) is 0 Å². The van der Waals surface area contributed by atoms with E-state index in [1.807, 2.05) is 30.3 Å². The van der Waals surface area contributed by atoms with Gasteiger partial charge < -0.3 is 10.5 Å². The van der Waals surface area contributed by atoms with Crippen LogP contribution in [0.5, 0.6) is 11.5 Å². The van der Waals surface area contributed by atoms with Crippen molar-refractivity contribution in [3.8, 4) is 17.6 Å². The van der Waals surface area contributed by atoms with Gasteiger partial charge >= 0.3 is 0 Å². The zero-order valence-corrected chi connectivity index (χ0v) is 10.9. The quantitative estimate of drug-likeness (QED) is 0.907. The molecule has 0 aliphatic rings. The van der Waals surface area contributed by atoms with Gasteiger partial charge in [0.05, 0.1) is 5.56 Å². The predicted octanol–water partition coefficient (Wildman–Crippen LogP) is 3.37. The van der Waals surface area contributed by atoms with E-state index in [2.05, 4.69) is 13.0 Å². The Morgan fingerprint density at radius 3 is 2.37 bits per heavy atom. The Morgan fingerprint density at radius 2 is 1.79 bits per heavy atom. The molecule has 0 aliphatic heterocycles. The van der Waals surface area contributed by atoms with Gasteiger partial charge in [-0.05, 0) is 41.8 Å². The Hall–Kier alpha value is -2.31. The molecule has 0 saturated heterocycles. The molecule has 0 fully saturated rings. The smallest absolute Gasteiger partial charge is 0.145 e. The maximum atomic E-state index is 9.13. The lowest BCUT2D eigenvalue weighted by Crippen LogP contribution is -1.97. The summed E-state index contributed by atoms with van der Waals surface area (Å²) in [7, 11) is 0. The number of benzene rings is 2. The monoisotopic (exact) mass is 252 g/mol. The van der Waals surface area contributed by atoms with Crippen molar-refractivity contribution in [2.75, 3.05) is 0 Å². The van der Waals surface area contributed by atoms with E-state index in [9.17, 15) is 0 Å². The molecule has 0 atom stereocenters. The number of hydrogen-bond donors (Lipinski definition) is 1. The number of aryl methyl sites for hydroxylation is 1. The molecule has 2 aromatic rings. The first kappa shape index (κ1) is 13.1. The van der Waals surface area contributed by atoms with Crippen LogP contribution in [0.25, 0.3) is 0 Å². The highest BCUT2D eigenvalue weighted by Crippen LogP contribution is 2.26. The Morgan fingerprint density at radius 1 is 1.11 bits per heavy atom. The van der Waals surface area contributed by atoms with E-state index in [1.54, 1.807) is 12.1 Å².